The van der Waals surface area contributed by atoms with Crippen molar-refractivity contribution in [3.63, 3.8) is 0 Å². The fourth-order valence-corrected chi connectivity index (χ4v) is 2.19. The molecule has 0 spiro atoms. The molecule has 1 heterocycles. The summed E-state index contributed by atoms with van der Waals surface area (Å²) in [7, 11) is 0. The maximum absolute atomic E-state index is 11.9. The monoisotopic (exact) mass is 267 g/mol. The van der Waals surface area contributed by atoms with E-state index in [9.17, 15) is 9.59 Å². The van der Waals surface area contributed by atoms with Gasteiger partial charge in [-0.1, -0.05) is 11.6 Å². The van der Waals surface area contributed by atoms with Crippen LogP contribution < -0.4 is 16.4 Å². The second-order valence-corrected chi connectivity index (χ2v) is 4.65. The highest BCUT2D eigenvalue weighted by Crippen LogP contribution is 2.21. The number of carbonyl (C=O) groups excluding carboxylic acids is 2. The van der Waals surface area contributed by atoms with Crippen LogP contribution in [0.2, 0.25) is 5.02 Å². The number of carbonyl (C=O) groups is 2. The van der Waals surface area contributed by atoms with Crippen molar-refractivity contribution in [2.45, 2.75) is 6.42 Å². The topological polar surface area (TPSA) is 84.2 Å². The smallest absolute Gasteiger partial charge is 0.250 e. The lowest BCUT2D eigenvalue weighted by atomic mass is 10.1. The van der Waals surface area contributed by atoms with Gasteiger partial charge in [0.1, 0.15) is 0 Å². The van der Waals surface area contributed by atoms with Crippen molar-refractivity contribution >= 4 is 29.1 Å². The number of hydrogen-bond donors (Lipinski definition) is 3. The van der Waals surface area contributed by atoms with Gasteiger partial charge in [-0.25, -0.2) is 0 Å². The van der Waals surface area contributed by atoms with Gasteiger partial charge in [-0.15, -0.1) is 0 Å². The number of nitrogens with two attached hydrogens (primary N) is 1. The van der Waals surface area contributed by atoms with Gasteiger partial charge in [0.2, 0.25) is 11.8 Å². The van der Waals surface area contributed by atoms with Crippen molar-refractivity contribution in [3.8, 4) is 0 Å². The highest BCUT2D eigenvalue weighted by Gasteiger charge is 2.22. The molecular weight excluding hydrogens is 254 g/mol. The molecule has 0 saturated carbocycles. The van der Waals surface area contributed by atoms with E-state index in [4.69, 9.17) is 17.3 Å². The second-order valence-electron chi connectivity index (χ2n) is 4.24. The molecule has 0 aromatic heterocycles. The Kier molecular flexibility index (Phi) is 3.84. The van der Waals surface area contributed by atoms with Crippen LogP contribution >= 0.6 is 11.6 Å². The van der Waals surface area contributed by atoms with Gasteiger partial charge in [0, 0.05) is 12.2 Å². The predicted molar refractivity (Wildman–Crippen MR) is 69.6 cm³/mol. The molecule has 2 rings (SSSR count). The first kappa shape index (κ1) is 12.9. The van der Waals surface area contributed by atoms with E-state index in [0.717, 1.165) is 13.0 Å². The third-order valence-corrected chi connectivity index (χ3v) is 3.25. The Morgan fingerprint density at radius 1 is 1.44 bits per heavy atom. The molecule has 1 saturated heterocycles. The number of rotatable bonds is 3. The van der Waals surface area contributed by atoms with E-state index in [0.29, 0.717) is 12.2 Å². The number of anilines is 1. The lowest BCUT2D eigenvalue weighted by molar-refractivity contribution is -0.119. The Labute approximate surface area is 110 Å². The molecule has 1 aromatic carbocycles. The van der Waals surface area contributed by atoms with Gasteiger partial charge in [0.15, 0.2) is 0 Å². The summed E-state index contributed by atoms with van der Waals surface area (Å²) in [5.74, 6) is -0.639. The molecule has 2 amide bonds. The zero-order valence-electron chi connectivity index (χ0n) is 9.70. The van der Waals surface area contributed by atoms with Crippen molar-refractivity contribution in [2.75, 3.05) is 18.4 Å². The largest absolute Gasteiger partial charge is 0.366 e. The number of hydrogen-bond acceptors (Lipinski definition) is 3. The zero-order valence-corrected chi connectivity index (χ0v) is 10.5. The van der Waals surface area contributed by atoms with Gasteiger partial charge < -0.3 is 16.4 Å². The summed E-state index contributed by atoms with van der Waals surface area (Å²) in [5, 5.41) is 6.14. The summed E-state index contributed by atoms with van der Waals surface area (Å²) in [5.41, 5.74) is 5.97. The highest BCUT2D eigenvalue weighted by atomic mass is 35.5. The molecule has 18 heavy (non-hydrogen) atoms. The minimum absolute atomic E-state index is 0.0143. The van der Waals surface area contributed by atoms with Crippen LogP contribution in [0.15, 0.2) is 18.2 Å². The molecule has 1 unspecified atom stereocenters. The molecule has 0 radical (unpaired) electrons. The molecule has 0 aliphatic carbocycles. The summed E-state index contributed by atoms with van der Waals surface area (Å²) in [6.45, 7) is 1.55. The van der Waals surface area contributed by atoms with Gasteiger partial charge in [-0.05, 0) is 31.2 Å². The van der Waals surface area contributed by atoms with E-state index in [1.165, 1.54) is 12.1 Å². The standard InChI is InChI=1S/C12H14ClN3O2/c13-10-5-8(1-2-9(10)11(14)17)16-12(18)7-3-4-15-6-7/h1-2,5,7,15H,3-4,6H2,(H2,14,17)(H,16,18). The first-order valence-electron chi connectivity index (χ1n) is 5.69. The molecule has 5 nitrogen and oxygen atoms in total. The average molecular weight is 268 g/mol. The molecule has 1 aliphatic heterocycles. The van der Waals surface area contributed by atoms with E-state index in [1.807, 2.05) is 0 Å². The van der Waals surface area contributed by atoms with Crippen molar-refractivity contribution in [1.82, 2.24) is 5.32 Å². The average Bonchev–Trinajstić information content (AvgIpc) is 2.81. The Bertz CT molecular complexity index is 484. The quantitative estimate of drug-likeness (QED) is 0.763. The van der Waals surface area contributed by atoms with E-state index >= 15 is 0 Å². The van der Waals surface area contributed by atoms with Crippen LogP contribution in [0.1, 0.15) is 16.8 Å². The second kappa shape index (κ2) is 5.37. The Hall–Kier alpha value is -1.59. The summed E-state index contributed by atoms with van der Waals surface area (Å²) >= 11 is 5.90. The van der Waals surface area contributed by atoms with Crippen LogP contribution in [-0.2, 0) is 4.79 Å². The van der Waals surface area contributed by atoms with E-state index in [1.54, 1.807) is 6.07 Å². The van der Waals surface area contributed by atoms with Crippen molar-refractivity contribution in [1.29, 1.82) is 0 Å². The van der Waals surface area contributed by atoms with Crippen LogP contribution in [0, 0.1) is 5.92 Å². The van der Waals surface area contributed by atoms with Gasteiger partial charge in [-0.2, -0.15) is 0 Å². The van der Waals surface area contributed by atoms with Gasteiger partial charge in [0.25, 0.3) is 0 Å². The van der Waals surface area contributed by atoms with Crippen LogP contribution in [-0.4, -0.2) is 24.9 Å². The number of nitrogens with one attached hydrogen (secondary N) is 2. The first-order chi connectivity index (χ1) is 8.58. The Balaban J connectivity index is 2.07. The summed E-state index contributed by atoms with van der Waals surface area (Å²) in [6.07, 6.45) is 0.832. The normalized spacial score (nSPS) is 18.6. The van der Waals surface area contributed by atoms with Crippen LogP contribution in [0.25, 0.3) is 0 Å². The van der Waals surface area contributed by atoms with E-state index in [2.05, 4.69) is 10.6 Å². The van der Waals surface area contributed by atoms with Crippen molar-refractivity contribution in [3.05, 3.63) is 28.8 Å². The molecular formula is C12H14ClN3O2. The fraction of sp³-hybridized carbons (Fsp3) is 0.333. The van der Waals surface area contributed by atoms with Crippen molar-refractivity contribution in [2.24, 2.45) is 11.7 Å². The Morgan fingerprint density at radius 3 is 2.78 bits per heavy atom. The first-order valence-corrected chi connectivity index (χ1v) is 6.06. The van der Waals surface area contributed by atoms with Crippen LogP contribution in [0.5, 0.6) is 0 Å². The number of benzene rings is 1. The van der Waals surface area contributed by atoms with Gasteiger partial charge in [0.05, 0.1) is 16.5 Å². The lowest BCUT2D eigenvalue weighted by Gasteiger charge is -2.10. The number of amides is 2. The minimum atomic E-state index is -0.585. The molecule has 6 heteroatoms. The predicted octanol–water partition coefficient (Wildman–Crippen LogP) is 0.987. The molecule has 0 bridgehead atoms. The minimum Gasteiger partial charge on any atom is -0.366 e. The Morgan fingerprint density at radius 2 is 2.22 bits per heavy atom. The lowest BCUT2D eigenvalue weighted by Crippen LogP contribution is -2.24. The number of halogens is 1. The van der Waals surface area contributed by atoms with Crippen LogP contribution in [0.4, 0.5) is 5.69 Å². The van der Waals surface area contributed by atoms with E-state index < -0.39 is 5.91 Å². The summed E-state index contributed by atoms with van der Waals surface area (Å²) < 4.78 is 0. The van der Waals surface area contributed by atoms with Crippen molar-refractivity contribution < 1.29 is 9.59 Å². The molecule has 1 aliphatic rings. The molecule has 1 atom stereocenters. The molecule has 4 N–H and O–H groups in total. The molecule has 1 fully saturated rings. The third kappa shape index (κ3) is 2.80. The SMILES string of the molecule is NC(=O)c1ccc(NC(=O)C2CCNC2)cc1Cl. The third-order valence-electron chi connectivity index (χ3n) is 2.93. The fourth-order valence-electron chi connectivity index (χ4n) is 1.92. The number of primary amides is 1. The van der Waals surface area contributed by atoms with Gasteiger partial charge in [-0.3, -0.25) is 9.59 Å². The maximum atomic E-state index is 11.9. The van der Waals surface area contributed by atoms with Gasteiger partial charge >= 0.3 is 0 Å². The highest BCUT2D eigenvalue weighted by molar-refractivity contribution is 6.34. The zero-order chi connectivity index (χ0) is 13.1. The summed E-state index contributed by atoms with van der Waals surface area (Å²) in [4.78, 5) is 22.9. The molecule has 1 aromatic rings. The van der Waals surface area contributed by atoms with E-state index in [-0.39, 0.29) is 22.4 Å². The molecule has 96 valence electrons. The summed E-state index contributed by atoms with van der Waals surface area (Å²) in [6, 6.07) is 4.65. The van der Waals surface area contributed by atoms with Crippen LogP contribution in [0.3, 0.4) is 0 Å². The maximum Gasteiger partial charge on any atom is 0.250 e.